The summed E-state index contributed by atoms with van der Waals surface area (Å²) in [6.07, 6.45) is 3.94. The molecule has 0 spiro atoms. The Kier molecular flexibility index (Phi) is 5.60. The summed E-state index contributed by atoms with van der Waals surface area (Å²) >= 11 is 0. The van der Waals surface area contributed by atoms with Crippen molar-refractivity contribution in [2.24, 2.45) is 5.92 Å². The van der Waals surface area contributed by atoms with Gasteiger partial charge in [-0.1, -0.05) is 31.2 Å². The average Bonchev–Trinajstić information content (AvgIpc) is 3.52. The number of carbonyl (C=O) groups is 1. The second-order valence-electron chi connectivity index (χ2n) is 7.36. The van der Waals surface area contributed by atoms with Crippen molar-refractivity contribution in [3.8, 4) is 5.75 Å². The Hall–Kier alpha value is -2.82. The highest BCUT2D eigenvalue weighted by atomic mass is 16.5. The van der Waals surface area contributed by atoms with E-state index in [-0.39, 0.29) is 11.8 Å². The Morgan fingerprint density at radius 3 is 2.71 bits per heavy atom. The minimum atomic E-state index is 0.150. The smallest absolute Gasteiger partial charge is 0.223 e. The van der Waals surface area contributed by atoms with Crippen LogP contribution in [0.2, 0.25) is 0 Å². The van der Waals surface area contributed by atoms with Crippen LogP contribution in [-0.2, 0) is 24.3 Å². The minimum absolute atomic E-state index is 0.150. The molecule has 5 nitrogen and oxygen atoms in total. The second-order valence-corrected chi connectivity index (χ2v) is 7.36. The number of para-hydroxylation sites is 2. The van der Waals surface area contributed by atoms with Crippen LogP contribution in [-0.4, -0.2) is 22.1 Å². The zero-order valence-electron chi connectivity index (χ0n) is 16.4. The van der Waals surface area contributed by atoms with Gasteiger partial charge in [-0.25, -0.2) is 4.98 Å². The fourth-order valence-electron chi connectivity index (χ4n) is 3.40. The van der Waals surface area contributed by atoms with Gasteiger partial charge in [0.15, 0.2) is 0 Å². The molecule has 4 rings (SSSR count). The second kappa shape index (κ2) is 8.46. The van der Waals surface area contributed by atoms with Gasteiger partial charge in [0.05, 0.1) is 24.2 Å². The Balaban J connectivity index is 1.38. The van der Waals surface area contributed by atoms with Crippen molar-refractivity contribution in [1.29, 1.82) is 0 Å². The van der Waals surface area contributed by atoms with E-state index in [1.165, 1.54) is 5.56 Å². The molecule has 0 atom stereocenters. The molecule has 1 aliphatic carbocycles. The molecule has 5 heteroatoms. The molecule has 28 heavy (non-hydrogen) atoms. The monoisotopic (exact) mass is 377 g/mol. The van der Waals surface area contributed by atoms with Crippen molar-refractivity contribution in [1.82, 2.24) is 14.9 Å². The first-order valence-electron chi connectivity index (χ1n) is 10.2. The van der Waals surface area contributed by atoms with Gasteiger partial charge in [0.2, 0.25) is 5.91 Å². The molecule has 0 saturated heterocycles. The van der Waals surface area contributed by atoms with Gasteiger partial charge in [0, 0.05) is 12.5 Å². The quantitative estimate of drug-likeness (QED) is 0.571. The molecular formula is C23H27N3O2. The standard InChI is InChI=1S/C23H27N3O2/c1-2-17-8-12-19(13-9-17)28-15-5-14-26-21-7-4-3-6-20(21)25-22(26)16-24-23(27)18-10-11-18/h3-4,6-9,12-13,18H,2,5,10-11,14-16H2,1H3,(H,24,27). The molecule has 146 valence electrons. The van der Waals surface area contributed by atoms with E-state index in [9.17, 15) is 4.79 Å². The van der Waals surface area contributed by atoms with Crippen molar-refractivity contribution in [2.75, 3.05) is 6.61 Å². The summed E-state index contributed by atoms with van der Waals surface area (Å²) in [5.74, 6) is 2.18. The maximum atomic E-state index is 12.0. The van der Waals surface area contributed by atoms with Crippen molar-refractivity contribution < 1.29 is 9.53 Å². The largest absolute Gasteiger partial charge is 0.494 e. The number of ether oxygens (including phenoxy) is 1. The maximum Gasteiger partial charge on any atom is 0.223 e. The number of nitrogens with one attached hydrogen (secondary N) is 1. The number of rotatable bonds is 9. The van der Waals surface area contributed by atoms with Crippen LogP contribution in [0.25, 0.3) is 11.0 Å². The summed E-state index contributed by atoms with van der Waals surface area (Å²) in [6, 6.07) is 16.4. The number of fused-ring (bicyclic) bond motifs is 1. The number of aryl methyl sites for hydroxylation is 2. The third-order valence-corrected chi connectivity index (χ3v) is 5.23. The molecule has 0 aliphatic heterocycles. The minimum Gasteiger partial charge on any atom is -0.494 e. The van der Waals surface area contributed by atoms with Gasteiger partial charge in [-0.05, 0) is 55.5 Å². The first-order chi connectivity index (χ1) is 13.7. The first-order valence-corrected chi connectivity index (χ1v) is 10.2. The zero-order valence-corrected chi connectivity index (χ0v) is 16.4. The van der Waals surface area contributed by atoms with Crippen LogP contribution < -0.4 is 10.1 Å². The number of amides is 1. The van der Waals surface area contributed by atoms with Gasteiger partial charge in [-0.15, -0.1) is 0 Å². The van der Waals surface area contributed by atoms with E-state index in [1.807, 2.05) is 30.3 Å². The molecule has 1 fully saturated rings. The van der Waals surface area contributed by atoms with E-state index in [1.54, 1.807) is 0 Å². The molecular weight excluding hydrogens is 350 g/mol. The van der Waals surface area contributed by atoms with E-state index in [2.05, 4.69) is 35.0 Å². The lowest BCUT2D eigenvalue weighted by Gasteiger charge is -2.11. The highest BCUT2D eigenvalue weighted by Gasteiger charge is 2.29. The van der Waals surface area contributed by atoms with E-state index in [4.69, 9.17) is 9.72 Å². The Bertz CT molecular complexity index is 942. The molecule has 0 radical (unpaired) electrons. The summed E-state index contributed by atoms with van der Waals surface area (Å²) < 4.78 is 8.09. The molecule has 3 aromatic rings. The lowest BCUT2D eigenvalue weighted by Crippen LogP contribution is -2.26. The summed E-state index contributed by atoms with van der Waals surface area (Å²) in [5, 5.41) is 3.04. The summed E-state index contributed by atoms with van der Waals surface area (Å²) in [6.45, 7) is 4.08. The van der Waals surface area contributed by atoms with E-state index in [0.29, 0.717) is 13.2 Å². The molecule has 0 bridgehead atoms. The van der Waals surface area contributed by atoms with Gasteiger partial charge in [-0.3, -0.25) is 4.79 Å². The molecule has 1 aliphatic rings. The molecule has 0 unspecified atom stereocenters. The van der Waals surface area contributed by atoms with Crippen LogP contribution in [0.4, 0.5) is 0 Å². The van der Waals surface area contributed by atoms with Gasteiger partial charge < -0.3 is 14.6 Å². The SMILES string of the molecule is CCc1ccc(OCCCn2c(CNC(=O)C3CC3)nc3ccccc32)cc1. The molecule has 2 aromatic carbocycles. The number of benzene rings is 2. The number of imidazole rings is 1. The third kappa shape index (κ3) is 4.35. The van der Waals surface area contributed by atoms with Crippen LogP contribution in [0.3, 0.4) is 0 Å². The number of carbonyl (C=O) groups excluding carboxylic acids is 1. The average molecular weight is 377 g/mol. The lowest BCUT2D eigenvalue weighted by atomic mass is 10.2. The van der Waals surface area contributed by atoms with Crippen LogP contribution in [0.5, 0.6) is 5.75 Å². The van der Waals surface area contributed by atoms with Crippen molar-refractivity contribution in [3.63, 3.8) is 0 Å². The molecule has 1 N–H and O–H groups in total. The highest BCUT2D eigenvalue weighted by Crippen LogP contribution is 2.29. The van der Waals surface area contributed by atoms with Gasteiger partial charge in [0.25, 0.3) is 0 Å². The van der Waals surface area contributed by atoms with E-state index < -0.39 is 0 Å². The number of hydrogen-bond acceptors (Lipinski definition) is 3. The highest BCUT2D eigenvalue weighted by molar-refractivity contribution is 5.81. The topological polar surface area (TPSA) is 56.1 Å². The predicted octanol–water partition coefficient (Wildman–Crippen LogP) is 4.09. The van der Waals surface area contributed by atoms with Crippen molar-refractivity contribution in [2.45, 2.75) is 45.7 Å². The fourth-order valence-corrected chi connectivity index (χ4v) is 3.40. The molecule has 1 aromatic heterocycles. The normalized spacial score (nSPS) is 13.6. The fraction of sp³-hybridized carbons (Fsp3) is 0.391. The van der Waals surface area contributed by atoms with Crippen molar-refractivity contribution >= 4 is 16.9 Å². The van der Waals surface area contributed by atoms with Crippen LogP contribution in [0.15, 0.2) is 48.5 Å². The third-order valence-electron chi connectivity index (χ3n) is 5.23. The Morgan fingerprint density at radius 1 is 1.18 bits per heavy atom. The van der Waals surface area contributed by atoms with Crippen LogP contribution >= 0.6 is 0 Å². The van der Waals surface area contributed by atoms with Gasteiger partial charge in [0.1, 0.15) is 11.6 Å². The summed E-state index contributed by atoms with van der Waals surface area (Å²) in [7, 11) is 0. The predicted molar refractivity (Wildman–Crippen MR) is 110 cm³/mol. The summed E-state index contributed by atoms with van der Waals surface area (Å²) in [4.78, 5) is 16.7. The Morgan fingerprint density at radius 2 is 1.96 bits per heavy atom. The van der Waals surface area contributed by atoms with Crippen LogP contribution in [0.1, 0.15) is 37.6 Å². The molecule has 1 saturated carbocycles. The zero-order chi connectivity index (χ0) is 19.3. The molecule has 1 amide bonds. The van der Waals surface area contributed by atoms with Crippen molar-refractivity contribution in [3.05, 3.63) is 59.9 Å². The maximum absolute atomic E-state index is 12.0. The number of aromatic nitrogens is 2. The Labute approximate surface area is 165 Å². The number of nitrogens with zero attached hydrogens (tertiary/aromatic N) is 2. The van der Waals surface area contributed by atoms with Gasteiger partial charge in [-0.2, -0.15) is 0 Å². The number of hydrogen-bond donors (Lipinski definition) is 1. The first kappa shape index (κ1) is 18.5. The van der Waals surface area contributed by atoms with Gasteiger partial charge >= 0.3 is 0 Å². The van der Waals surface area contributed by atoms with E-state index in [0.717, 1.165) is 54.8 Å². The van der Waals surface area contributed by atoms with Crippen LogP contribution in [0, 0.1) is 5.92 Å². The van der Waals surface area contributed by atoms with E-state index >= 15 is 0 Å². The molecule has 1 heterocycles. The lowest BCUT2D eigenvalue weighted by molar-refractivity contribution is -0.122. The summed E-state index contributed by atoms with van der Waals surface area (Å²) in [5.41, 5.74) is 3.38.